The Labute approximate surface area is 163 Å². The van der Waals surface area contributed by atoms with E-state index < -0.39 is 17.6 Å². The van der Waals surface area contributed by atoms with Gasteiger partial charge in [0.05, 0.1) is 11.3 Å². The van der Waals surface area contributed by atoms with Crippen LogP contribution < -0.4 is 5.32 Å². The van der Waals surface area contributed by atoms with Gasteiger partial charge < -0.3 is 5.32 Å². The molecule has 8 heteroatoms. The third kappa shape index (κ3) is 3.35. The fourth-order valence-electron chi connectivity index (χ4n) is 3.47. The molecule has 0 radical (unpaired) electrons. The van der Waals surface area contributed by atoms with Crippen LogP contribution in [0.2, 0.25) is 5.02 Å². The molecule has 1 aliphatic heterocycles. The monoisotopic (exact) mass is 409 g/mol. The van der Waals surface area contributed by atoms with Gasteiger partial charge in [0, 0.05) is 22.7 Å². The molecule has 0 unspecified atom stereocenters. The Bertz CT molecular complexity index is 1030. The zero-order valence-corrected chi connectivity index (χ0v) is 15.4. The van der Waals surface area contributed by atoms with Gasteiger partial charge in [-0.25, -0.2) is 9.07 Å². The van der Waals surface area contributed by atoms with Gasteiger partial charge in [-0.05, 0) is 49.6 Å². The molecule has 0 atom stereocenters. The molecular weight excluding hydrogens is 394 g/mol. The van der Waals surface area contributed by atoms with Gasteiger partial charge in [0.1, 0.15) is 17.3 Å². The highest BCUT2D eigenvalue weighted by atomic mass is 35.5. The summed E-state index contributed by atoms with van der Waals surface area (Å²) in [5.74, 6) is -0.00470. The van der Waals surface area contributed by atoms with Gasteiger partial charge in [0.15, 0.2) is 0 Å². The molecule has 3 nitrogen and oxygen atoms in total. The van der Waals surface area contributed by atoms with Crippen LogP contribution in [0.15, 0.2) is 42.5 Å². The number of aromatic nitrogens is 2. The maximum atomic E-state index is 14.4. The van der Waals surface area contributed by atoms with Gasteiger partial charge >= 0.3 is 6.18 Å². The summed E-state index contributed by atoms with van der Waals surface area (Å²) < 4.78 is 56.6. The van der Waals surface area contributed by atoms with Crippen LogP contribution in [0.4, 0.5) is 23.4 Å². The van der Waals surface area contributed by atoms with Crippen LogP contribution in [0.3, 0.4) is 0 Å². The number of halogens is 5. The van der Waals surface area contributed by atoms with E-state index in [2.05, 4.69) is 10.4 Å². The Morgan fingerprint density at radius 3 is 2.61 bits per heavy atom. The highest BCUT2D eigenvalue weighted by molar-refractivity contribution is 6.30. The molecular formula is C20H16ClF4N3. The number of fused-ring (bicyclic) bond motifs is 1. The molecule has 0 bridgehead atoms. The van der Waals surface area contributed by atoms with E-state index in [-0.39, 0.29) is 16.3 Å². The second-order valence-electron chi connectivity index (χ2n) is 6.61. The maximum absolute atomic E-state index is 14.4. The number of hydrogen-bond donors (Lipinski definition) is 1. The first-order valence-electron chi connectivity index (χ1n) is 8.84. The van der Waals surface area contributed by atoms with E-state index in [1.807, 2.05) is 0 Å². The van der Waals surface area contributed by atoms with Crippen LogP contribution in [-0.2, 0) is 12.6 Å². The summed E-state index contributed by atoms with van der Waals surface area (Å²) in [7, 11) is 0. The summed E-state index contributed by atoms with van der Waals surface area (Å²) in [6, 6.07) is 9.69. The summed E-state index contributed by atoms with van der Waals surface area (Å²) in [6.45, 7) is 0.602. The number of rotatable bonds is 2. The molecule has 146 valence electrons. The van der Waals surface area contributed by atoms with Crippen molar-refractivity contribution in [2.75, 3.05) is 11.9 Å². The van der Waals surface area contributed by atoms with E-state index in [0.29, 0.717) is 30.0 Å². The van der Waals surface area contributed by atoms with Gasteiger partial charge in [-0.15, -0.1) is 0 Å². The summed E-state index contributed by atoms with van der Waals surface area (Å²) in [6.07, 6.45) is -2.32. The van der Waals surface area contributed by atoms with Crippen molar-refractivity contribution in [3.05, 3.63) is 64.4 Å². The lowest BCUT2D eigenvalue weighted by Crippen LogP contribution is -2.14. The average molecular weight is 410 g/mol. The normalized spacial score (nSPS) is 14.3. The summed E-state index contributed by atoms with van der Waals surface area (Å²) in [5, 5.41) is 7.57. The third-order valence-electron chi connectivity index (χ3n) is 4.75. The summed E-state index contributed by atoms with van der Waals surface area (Å²) in [5.41, 5.74) is 0.293. The van der Waals surface area contributed by atoms with Crippen molar-refractivity contribution in [1.82, 2.24) is 9.78 Å². The van der Waals surface area contributed by atoms with Crippen molar-refractivity contribution in [2.45, 2.75) is 25.4 Å². The van der Waals surface area contributed by atoms with Crippen LogP contribution in [-0.4, -0.2) is 16.3 Å². The molecule has 0 fully saturated rings. The molecule has 1 aromatic heterocycles. The van der Waals surface area contributed by atoms with Gasteiger partial charge in [-0.1, -0.05) is 23.7 Å². The van der Waals surface area contributed by atoms with Gasteiger partial charge in [0.25, 0.3) is 0 Å². The van der Waals surface area contributed by atoms with Crippen LogP contribution in [0.5, 0.6) is 0 Å². The Hall–Kier alpha value is -2.54. The van der Waals surface area contributed by atoms with E-state index in [4.69, 9.17) is 11.6 Å². The minimum absolute atomic E-state index is 0.0170. The van der Waals surface area contributed by atoms with Crippen LogP contribution in [0, 0.1) is 5.82 Å². The molecule has 28 heavy (non-hydrogen) atoms. The van der Waals surface area contributed by atoms with Crippen LogP contribution in [0.25, 0.3) is 16.9 Å². The molecule has 3 aromatic rings. The predicted molar refractivity (Wildman–Crippen MR) is 100 cm³/mol. The Balaban J connectivity index is 1.99. The Morgan fingerprint density at radius 2 is 1.86 bits per heavy atom. The lowest BCUT2D eigenvalue weighted by molar-refractivity contribution is -0.137. The number of anilines is 1. The molecule has 1 N–H and O–H groups in total. The average Bonchev–Trinajstić information content (AvgIpc) is 2.83. The van der Waals surface area contributed by atoms with Gasteiger partial charge in [0.2, 0.25) is 0 Å². The lowest BCUT2D eigenvalue weighted by atomic mass is 10.0. The zero-order chi connectivity index (χ0) is 19.9. The number of alkyl halides is 3. The molecule has 0 amide bonds. The molecule has 0 aliphatic carbocycles. The molecule has 2 aromatic carbocycles. The SMILES string of the molecule is Fc1ccccc1-c1nn(-c2ccc(Cl)cc2C(F)(F)F)c2c1CCCCN2. The van der Waals surface area contributed by atoms with Gasteiger partial charge in [-0.3, -0.25) is 0 Å². The van der Waals surface area contributed by atoms with Crippen LogP contribution in [0.1, 0.15) is 24.0 Å². The second-order valence-corrected chi connectivity index (χ2v) is 7.05. The first kappa shape index (κ1) is 18.8. The summed E-state index contributed by atoms with van der Waals surface area (Å²) >= 11 is 5.81. The molecule has 2 heterocycles. The van der Waals surface area contributed by atoms with Crippen molar-refractivity contribution in [1.29, 1.82) is 0 Å². The minimum Gasteiger partial charge on any atom is -0.370 e. The summed E-state index contributed by atoms with van der Waals surface area (Å²) in [4.78, 5) is 0. The first-order valence-corrected chi connectivity index (χ1v) is 9.22. The molecule has 0 spiro atoms. The maximum Gasteiger partial charge on any atom is 0.418 e. The van der Waals surface area contributed by atoms with E-state index in [1.54, 1.807) is 18.2 Å². The predicted octanol–water partition coefficient (Wildman–Crippen LogP) is 6.10. The molecule has 0 saturated heterocycles. The van der Waals surface area contributed by atoms with Crippen molar-refractivity contribution < 1.29 is 17.6 Å². The number of nitrogens with zero attached hydrogens (tertiary/aromatic N) is 2. The van der Waals surface area contributed by atoms with E-state index in [9.17, 15) is 17.6 Å². The largest absolute Gasteiger partial charge is 0.418 e. The van der Waals surface area contributed by atoms with E-state index in [0.717, 1.165) is 18.9 Å². The highest BCUT2D eigenvalue weighted by Crippen LogP contribution is 2.40. The molecule has 4 rings (SSSR count). The number of nitrogens with one attached hydrogen (secondary N) is 1. The number of benzene rings is 2. The fourth-order valence-corrected chi connectivity index (χ4v) is 3.64. The minimum atomic E-state index is -4.61. The first-order chi connectivity index (χ1) is 13.4. The molecule has 1 aliphatic rings. The smallest absolute Gasteiger partial charge is 0.370 e. The van der Waals surface area contributed by atoms with E-state index >= 15 is 0 Å². The van der Waals surface area contributed by atoms with E-state index in [1.165, 1.54) is 22.9 Å². The van der Waals surface area contributed by atoms with Crippen LogP contribution >= 0.6 is 11.6 Å². The topological polar surface area (TPSA) is 29.9 Å². The Morgan fingerprint density at radius 1 is 1.07 bits per heavy atom. The van der Waals surface area contributed by atoms with Crippen molar-refractivity contribution in [3.63, 3.8) is 0 Å². The van der Waals surface area contributed by atoms with Gasteiger partial charge in [-0.2, -0.15) is 18.3 Å². The lowest BCUT2D eigenvalue weighted by Gasteiger charge is -2.16. The van der Waals surface area contributed by atoms with Crippen molar-refractivity contribution in [3.8, 4) is 16.9 Å². The van der Waals surface area contributed by atoms with Crippen molar-refractivity contribution >= 4 is 17.4 Å². The second kappa shape index (κ2) is 7.13. The molecule has 0 saturated carbocycles. The zero-order valence-electron chi connectivity index (χ0n) is 14.7. The standard InChI is InChI=1S/C20H16ClF4N3/c21-12-8-9-17(15(11-12)20(23,24)25)28-19-14(6-3-4-10-26-19)18(27-28)13-5-1-2-7-16(13)22/h1-2,5,7-9,11,26H,3-4,6,10H2. The van der Waals surface area contributed by atoms with Crippen molar-refractivity contribution in [2.24, 2.45) is 0 Å². The highest BCUT2D eigenvalue weighted by Gasteiger charge is 2.36. The number of hydrogen-bond acceptors (Lipinski definition) is 2. The quantitative estimate of drug-likeness (QED) is 0.518. The third-order valence-corrected chi connectivity index (χ3v) is 4.99. The Kier molecular flexibility index (Phi) is 4.79. The fraction of sp³-hybridized carbons (Fsp3) is 0.250.